The molecule has 1 amide bonds. The number of amides is 1. The Kier molecular flexibility index (Phi) is 3.74. The average Bonchev–Trinajstić information content (AvgIpc) is 3.04. The van der Waals surface area contributed by atoms with E-state index in [0.717, 1.165) is 18.5 Å². The van der Waals surface area contributed by atoms with E-state index in [0.29, 0.717) is 24.4 Å². The Morgan fingerprint density at radius 2 is 1.95 bits per heavy atom. The number of thiazole rings is 1. The van der Waals surface area contributed by atoms with Crippen LogP contribution in [0, 0.1) is 11.8 Å². The quantitative estimate of drug-likeness (QED) is 0.897. The van der Waals surface area contributed by atoms with Crippen LogP contribution < -0.4 is 5.32 Å². The number of aryl methyl sites for hydroxylation is 2. The molecule has 6 heteroatoms. The third-order valence-electron chi connectivity index (χ3n) is 4.23. The molecule has 0 spiro atoms. The molecule has 1 aromatic heterocycles. The molecule has 5 nitrogen and oxygen atoms in total. The first-order chi connectivity index (χ1) is 9.63. The molecule has 0 bridgehead atoms. The molecule has 1 heterocycles. The Morgan fingerprint density at radius 3 is 2.65 bits per heavy atom. The lowest BCUT2D eigenvalue weighted by Crippen LogP contribution is -2.21. The molecule has 1 fully saturated rings. The minimum Gasteiger partial charge on any atom is -0.481 e. The van der Waals surface area contributed by atoms with Crippen LogP contribution >= 0.6 is 11.3 Å². The predicted molar refractivity (Wildman–Crippen MR) is 75.9 cm³/mol. The van der Waals surface area contributed by atoms with Gasteiger partial charge in [-0.25, -0.2) is 4.98 Å². The number of rotatable bonds is 3. The van der Waals surface area contributed by atoms with Crippen LogP contribution in [0.3, 0.4) is 0 Å². The third-order valence-corrected chi connectivity index (χ3v) is 5.30. The second kappa shape index (κ2) is 5.52. The molecule has 0 aliphatic heterocycles. The molecule has 2 aliphatic carbocycles. The van der Waals surface area contributed by atoms with Crippen molar-refractivity contribution >= 4 is 28.3 Å². The normalized spacial score (nSPS) is 25.2. The molecule has 0 saturated heterocycles. The summed E-state index contributed by atoms with van der Waals surface area (Å²) in [6.45, 7) is 0. The van der Waals surface area contributed by atoms with Crippen molar-refractivity contribution in [2.75, 3.05) is 5.32 Å². The fraction of sp³-hybridized carbons (Fsp3) is 0.643. The van der Waals surface area contributed by atoms with Crippen LogP contribution in [0.15, 0.2) is 0 Å². The lowest BCUT2D eigenvalue weighted by atomic mass is 10.0. The lowest BCUT2D eigenvalue weighted by Gasteiger charge is -2.08. The van der Waals surface area contributed by atoms with Crippen LogP contribution in [0.2, 0.25) is 0 Å². The number of carboxylic acid groups (broad SMARTS) is 1. The van der Waals surface area contributed by atoms with Gasteiger partial charge in [0.2, 0.25) is 5.91 Å². The Hall–Kier alpha value is -1.43. The number of anilines is 1. The summed E-state index contributed by atoms with van der Waals surface area (Å²) in [5.74, 6) is -1.41. The zero-order chi connectivity index (χ0) is 14.1. The molecular formula is C14H18N2O3S. The van der Waals surface area contributed by atoms with Gasteiger partial charge in [-0.1, -0.05) is 0 Å². The Morgan fingerprint density at radius 1 is 1.20 bits per heavy atom. The minimum atomic E-state index is -0.787. The number of nitrogens with one attached hydrogen (secondary N) is 1. The topological polar surface area (TPSA) is 79.3 Å². The zero-order valence-corrected chi connectivity index (χ0v) is 12.0. The van der Waals surface area contributed by atoms with Crippen molar-refractivity contribution in [2.24, 2.45) is 11.8 Å². The molecule has 2 aliphatic rings. The Bertz CT molecular complexity index is 517. The summed E-state index contributed by atoms with van der Waals surface area (Å²) in [7, 11) is 0. The van der Waals surface area contributed by atoms with Crippen LogP contribution in [-0.4, -0.2) is 22.0 Å². The fourth-order valence-electron chi connectivity index (χ4n) is 3.06. The highest BCUT2D eigenvalue weighted by atomic mass is 32.1. The van der Waals surface area contributed by atoms with Gasteiger partial charge in [-0.2, -0.15) is 0 Å². The van der Waals surface area contributed by atoms with E-state index in [1.807, 2.05) is 0 Å². The molecule has 0 radical (unpaired) electrons. The van der Waals surface area contributed by atoms with Crippen molar-refractivity contribution in [3.63, 3.8) is 0 Å². The first-order valence-corrected chi connectivity index (χ1v) is 7.97. The van der Waals surface area contributed by atoms with Crippen molar-refractivity contribution in [1.29, 1.82) is 0 Å². The molecule has 3 rings (SSSR count). The number of aromatic nitrogens is 1. The number of nitrogens with zero attached hydrogens (tertiary/aromatic N) is 1. The summed E-state index contributed by atoms with van der Waals surface area (Å²) >= 11 is 1.57. The second-order valence-corrected chi connectivity index (χ2v) is 6.71. The van der Waals surface area contributed by atoms with Gasteiger partial charge in [0.1, 0.15) is 0 Å². The van der Waals surface area contributed by atoms with E-state index in [9.17, 15) is 9.59 Å². The predicted octanol–water partition coefficient (Wildman–Crippen LogP) is 2.46. The number of carbonyl (C=O) groups excluding carboxylic acids is 1. The van der Waals surface area contributed by atoms with Gasteiger partial charge >= 0.3 is 5.97 Å². The monoisotopic (exact) mass is 294 g/mol. The van der Waals surface area contributed by atoms with Crippen LogP contribution in [0.4, 0.5) is 5.13 Å². The van der Waals surface area contributed by atoms with Gasteiger partial charge in [0, 0.05) is 10.8 Å². The largest absolute Gasteiger partial charge is 0.481 e. The molecule has 2 unspecified atom stereocenters. The summed E-state index contributed by atoms with van der Waals surface area (Å²) in [6, 6.07) is 0. The standard InChI is InChI=1S/C14H18N2O3S/c17-12(8-5-6-9(7-8)13(18)19)16-14-15-10-3-1-2-4-11(10)20-14/h8-9H,1-7H2,(H,18,19)(H,15,16,17). The number of fused-ring (bicyclic) bond motifs is 1. The summed E-state index contributed by atoms with van der Waals surface area (Å²) < 4.78 is 0. The molecule has 20 heavy (non-hydrogen) atoms. The average molecular weight is 294 g/mol. The highest BCUT2D eigenvalue weighted by Crippen LogP contribution is 2.33. The molecular weight excluding hydrogens is 276 g/mol. The summed E-state index contributed by atoms with van der Waals surface area (Å²) in [6.07, 6.45) is 6.15. The van der Waals surface area contributed by atoms with Gasteiger partial charge in [0.05, 0.1) is 11.6 Å². The lowest BCUT2D eigenvalue weighted by molar-refractivity contribution is -0.141. The number of hydrogen-bond acceptors (Lipinski definition) is 4. The molecule has 2 atom stereocenters. The van der Waals surface area contributed by atoms with Gasteiger partial charge in [-0.05, 0) is 44.9 Å². The zero-order valence-electron chi connectivity index (χ0n) is 11.2. The maximum atomic E-state index is 12.2. The van der Waals surface area contributed by atoms with Crippen molar-refractivity contribution in [3.8, 4) is 0 Å². The van der Waals surface area contributed by atoms with E-state index in [4.69, 9.17) is 5.11 Å². The molecule has 108 valence electrons. The number of carbonyl (C=O) groups is 2. The van der Waals surface area contributed by atoms with E-state index in [-0.39, 0.29) is 17.7 Å². The summed E-state index contributed by atoms with van der Waals surface area (Å²) in [4.78, 5) is 28.9. The molecule has 1 saturated carbocycles. The highest BCUT2D eigenvalue weighted by molar-refractivity contribution is 7.15. The second-order valence-electron chi connectivity index (χ2n) is 5.63. The maximum absolute atomic E-state index is 12.2. The Balaban J connectivity index is 1.62. The Labute approximate surface area is 121 Å². The van der Waals surface area contributed by atoms with Gasteiger partial charge in [-0.15, -0.1) is 11.3 Å². The molecule has 1 aromatic rings. The van der Waals surface area contributed by atoms with Crippen LogP contribution in [0.5, 0.6) is 0 Å². The van der Waals surface area contributed by atoms with Crippen LogP contribution in [0.25, 0.3) is 0 Å². The van der Waals surface area contributed by atoms with Crippen molar-refractivity contribution in [3.05, 3.63) is 10.6 Å². The van der Waals surface area contributed by atoms with E-state index in [1.165, 1.54) is 17.7 Å². The first-order valence-electron chi connectivity index (χ1n) is 7.15. The minimum absolute atomic E-state index is 0.0696. The van der Waals surface area contributed by atoms with Gasteiger partial charge < -0.3 is 10.4 Å². The van der Waals surface area contributed by atoms with Crippen LogP contribution in [0.1, 0.15) is 42.7 Å². The van der Waals surface area contributed by atoms with Crippen molar-refractivity contribution < 1.29 is 14.7 Å². The van der Waals surface area contributed by atoms with Gasteiger partial charge in [0.25, 0.3) is 0 Å². The van der Waals surface area contributed by atoms with Gasteiger partial charge in [0.15, 0.2) is 5.13 Å². The van der Waals surface area contributed by atoms with E-state index in [2.05, 4.69) is 10.3 Å². The van der Waals surface area contributed by atoms with Crippen molar-refractivity contribution in [2.45, 2.75) is 44.9 Å². The highest BCUT2D eigenvalue weighted by Gasteiger charge is 2.34. The summed E-state index contributed by atoms with van der Waals surface area (Å²) in [5, 5.41) is 12.5. The summed E-state index contributed by atoms with van der Waals surface area (Å²) in [5.41, 5.74) is 1.13. The molecule has 0 aromatic carbocycles. The fourth-order valence-corrected chi connectivity index (χ4v) is 4.11. The molecule has 2 N–H and O–H groups in total. The SMILES string of the molecule is O=C(O)C1CCC(C(=O)Nc2nc3c(s2)CCCC3)C1. The number of aliphatic carboxylic acids is 1. The van der Waals surface area contributed by atoms with Gasteiger partial charge in [-0.3, -0.25) is 9.59 Å². The van der Waals surface area contributed by atoms with E-state index < -0.39 is 5.97 Å². The van der Waals surface area contributed by atoms with Crippen LogP contribution in [-0.2, 0) is 22.4 Å². The smallest absolute Gasteiger partial charge is 0.306 e. The first kappa shape index (κ1) is 13.5. The van der Waals surface area contributed by atoms with Crippen molar-refractivity contribution in [1.82, 2.24) is 4.98 Å². The number of carboxylic acids is 1. The van der Waals surface area contributed by atoms with E-state index >= 15 is 0 Å². The maximum Gasteiger partial charge on any atom is 0.306 e. The van der Waals surface area contributed by atoms with E-state index in [1.54, 1.807) is 11.3 Å². The third kappa shape index (κ3) is 2.70. The number of hydrogen-bond donors (Lipinski definition) is 2.